The van der Waals surface area contributed by atoms with Crippen LogP contribution in [0.25, 0.3) is 10.6 Å². The first-order valence-electron chi connectivity index (χ1n) is 9.68. The van der Waals surface area contributed by atoms with E-state index in [1.165, 1.54) is 13.3 Å². The third-order valence-electron chi connectivity index (χ3n) is 3.48. The van der Waals surface area contributed by atoms with Gasteiger partial charge in [-0.3, -0.25) is 10.1 Å². The van der Waals surface area contributed by atoms with Crippen LogP contribution in [-0.4, -0.2) is 53.4 Å². The molecular weight excluding hydrogens is 422 g/mol. The fourth-order valence-electron chi connectivity index (χ4n) is 2.18. The van der Waals surface area contributed by atoms with E-state index in [9.17, 15) is 19.5 Å². The average Bonchev–Trinajstić information content (AvgIpc) is 3.22. The first kappa shape index (κ1) is 26.1. The molecule has 0 aliphatic heterocycles. The molecule has 0 saturated carbocycles. The quantitative estimate of drug-likeness (QED) is 0.574. The van der Waals surface area contributed by atoms with Crippen LogP contribution < -0.4 is 10.6 Å². The van der Waals surface area contributed by atoms with Crippen LogP contribution in [0.15, 0.2) is 30.5 Å². The minimum absolute atomic E-state index is 0.276. The number of carbonyl (C=O) groups excluding carboxylic acids is 3. The van der Waals surface area contributed by atoms with Crippen molar-refractivity contribution in [3.63, 3.8) is 0 Å². The number of ether oxygens (including phenoxy) is 2. The monoisotopic (exact) mass is 451 g/mol. The molecule has 0 aliphatic rings. The Morgan fingerprint density at radius 3 is 2.29 bits per heavy atom. The van der Waals surface area contributed by atoms with Gasteiger partial charge in [0.1, 0.15) is 15.5 Å². The third kappa shape index (κ3) is 8.35. The zero-order valence-corrected chi connectivity index (χ0v) is 19.3. The topological polar surface area (TPSA) is 127 Å². The maximum atomic E-state index is 12.2. The number of esters is 1. The smallest absolute Gasteiger partial charge is 0.412 e. The molecule has 10 heteroatoms. The lowest BCUT2D eigenvalue weighted by Gasteiger charge is -2.19. The van der Waals surface area contributed by atoms with Crippen molar-refractivity contribution in [2.24, 2.45) is 0 Å². The van der Waals surface area contributed by atoms with Crippen molar-refractivity contribution in [3.05, 3.63) is 35.3 Å². The number of aromatic nitrogens is 1. The number of rotatable bonds is 6. The van der Waals surface area contributed by atoms with Gasteiger partial charge in [-0.1, -0.05) is 13.8 Å². The molecule has 2 rings (SSSR count). The molecule has 0 bridgehead atoms. The average molecular weight is 452 g/mol. The molecule has 3 N–H and O–H groups in total. The minimum atomic E-state index is -1.14. The Morgan fingerprint density at radius 2 is 1.77 bits per heavy atom. The third-order valence-corrected chi connectivity index (χ3v) is 4.53. The van der Waals surface area contributed by atoms with Gasteiger partial charge >= 0.3 is 12.1 Å². The highest BCUT2D eigenvalue weighted by Gasteiger charge is 2.22. The predicted octanol–water partition coefficient (Wildman–Crippen LogP) is 3.45. The van der Waals surface area contributed by atoms with E-state index >= 15 is 0 Å². The number of hydrogen-bond donors (Lipinski definition) is 3. The summed E-state index contributed by atoms with van der Waals surface area (Å²) >= 11 is 1.12. The van der Waals surface area contributed by atoms with Gasteiger partial charge in [-0.2, -0.15) is 0 Å². The maximum Gasteiger partial charge on any atom is 0.412 e. The second kappa shape index (κ2) is 12.0. The number of nitrogens with one attached hydrogen (secondary N) is 2. The van der Waals surface area contributed by atoms with Gasteiger partial charge in [0.25, 0.3) is 5.91 Å². The van der Waals surface area contributed by atoms with Crippen LogP contribution >= 0.6 is 11.3 Å². The van der Waals surface area contributed by atoms with Gasteiger partial charge in [0.15, 0.2) is 6.04 Å². The number of amides is 2. The molecule has 0 spiro atoms. The van der Waals surface area contributed by atoms with Crippen LogP contribution in [0.3, 0.4) is 0 Å². The molecule has 2 aromatic rings. The molecule has 1 heterocycles. The Kier molecular flexibility index (Phi) is 10.1. The summed E-state index contributed by atoms with van der Waals surface area (Å²) in [5, 5.41) is 14.8. The van der Waals surface area contributed by atoms with Crippen molar-refractivity contribution in [2.45, 2.75) is 46.3 Å². The molecule has 9 nitrogen and oxygen atoms in total. The summed E-state index contributed by atoms with van der Waals surface area (Å²) in [6, 6.07) is 5.74. The standard InChI is InChI=1S/C19H23N3O6S.C2H6/c1-19(2,3)28-18(26)21-12-7-5-11(6-8-12)16-20-9-14(29-16)15(24)22-13(10-23)17(25)27-4;1-2/h5-9,13,23H,10H2,1-4H3,(H,21,26)(H,22,24);1-2H3. The maximum absolute atomic E-state index is 12.2. The predicted molar refractivity (Wildman–Crippen MR) is 119 cm³/mol. The summed E-state index contributed by atoms with van der Waals surface area (Å²) < 4.78 is 9.71. The summed E-state index contributed by atoms with van der Waals surface area (Å²) in [6.45, 7) is 8.76. The van der Waals surface area contributed by atoms with E-state index in [1.54, 1.807) is 45.0 Å². The minimum Gasteiger partial charge on any atom is -0.467 e. The van der Waals surface area contributed by atoms with Crippen molar-refractivity contribution < 1.29 is 29.0 Å². The van der Waals surface area contributed by atoms with Gasteiger partial charge in [0.2, 0.25) is 0 Å². The van der Waals surface area contributed by atoms with E-state index in [1.807, 2.05) is 13.8 Å². The fourth-order valence-corrected chi connectivity index (χ4v) is 3.01. The van der Waals surface area contributed by atoms with Crippen LogP contribution in [0.1, 0.15) is 44.3 Å². The summed E-state index contributed by atoms with van der Waals surface area (Å²) in [6.07, 6.45) is 0.830. The Hall–Kier alpha value is -2.98. The van der Waals surface area contributed by atoms with Crippen molar-refractivity contribution in [3.8, 4) is 10.6 Å². The molecule has 0 saturated heterocycles. The van der Waals surface area contributed by atoms with Crippen LogP contribution in [-0.2, 0) is 14.3 Å². The Labute approximate surface area is 185 Å². The lowest BCUT2D eigenvalue weighted by Crippen LogP contribution is -2.43. The first-order valence-corrected chi connectivity index (χ1v) is 10.5. The zero-order valence-electron chi connectivity index (χ0n) is 18.5. The lowest BCUT2D eigenvalue weighted by atomic mass is 10.2. The van der Waals surface area contributed by atoms with Crippen LogP contribution in [0.4, 0.5) is 10.5 Å². The van der Waals surface area contributed by atoms with E-state index in [-0.39, 0.29) is 4.88 Å². The number of anilines is 1. The van der Waals surface area contributed by atoms with Crippen molar-refractivity contribution in [1.82, 2.24) is 10.3 Å². The summed E-state index contributed by atoms with van der Waals surface area (Å²) in [5.74, 6) is -1.28. The molecule has 1 unspecified atom stereocenters. The summed E-state index contributed by atoms with van der Waals surface area (Å²) in [5.41, 5.74) is 0.710. The number of nitrogens with zero attached hydrogens (tertiary/aromatic N) is 1. The molecule has 0 aliphatic carbocycles. The molecule has 1 aromatic carbocycles. The largest absolute Gasteiger partial charge is 0.467 e. The molecule has 31 heavy (non-hydrogen) atoms. The Balaban J connectivity index is 0.00000233. The number of hydrogen-bond acceptors (Lipinski definition) is 8. The SMILES string of the molecule is CC.COC(=O)C(CO)NC(=O)c1cnc(-c2ccc(NC(=O)OC(C)(C)C)cc2)s1. The second-order valence-electron chi connectivity index (χ2n) is 6.97. The molecule has 1 aromatic heterocycles. The van der Waals surface area contributed by atoms with Gasteiger partial charge in [-0.15, -0.1) is 11.3 Å². The number of thiazole rings is 1. The Bertz CT molecular complexity index is 874. The first-order chi connectivity index (χ1) is 14.6. The number of carbonyl (C=O) groups is 3. The number of aliphatic hydroxyl groups excluding tert-OH is 1. The highest BCUT2D eigenvalue weighted by Crippen LogP contribution is 2.26. The number of benzene rings is 1. The molecule has 0 fully saturated rings. The highest BCUT2D eigenvalue weighted by atomic mass is 32.1. The second-order valence-corrected chi connectivity index (χ2v) is 8.00. The van der Waals surface area contributed by atoms with Crippen molar-refractivity contribution in [2.75, 3.05) is 19.0 Å². The van der Waals surface area contributed by atoms with E-state index in [0.29, 0.717) is 10.7 Å². The number of aliphatic hydroxyl groups is 1. The fraction of sp³-hybridized carbons (Fsp3) is 0.429. The van der Waals surface area contributed by atoms with Gasteiger partial charge in [-0.05, 0) is 45.0 Å². The lowest BCUT2D eigenvalue weighted by molar-refractivity contribution is -0.143. The van der Waals surface area contributed by atoms with Gasteiger partial charge < -0.3 is 19.9 Å². The van der Waals surface area contributed by atoms with Crippen molar-refractivity contribution >= 4 is 35.0 Å². The zero-order chi connectivity index (χ0) is 23.6. The van der Waals surface area contributed by atoms with E-state index in [2.05, 4.69) is 20.4 Å². The van der Waals surface area contributed by atoms with Gasteiger partial charge in [0.05, 0.1) is 19.9 Å². The summed E-state index contributed by atoms with van der Waals surface area (Å²) in [4.78, 5) is 40.0. The van der Waals surface area contributed by atoms with Crippen LogP contribution in [0.2, 0.25) is 0 Å². The van der Waals surface area contributed by atoms with E-state index in [4.69, 9.17) is 4.74 Å². The highest BCUT2D eigenvalue weighted by molar-refractivity contribution is 7.16. The van der Waals surface area contributed by atoms with E-state index in [0.717, 1.165) is 16.9 Å². The van der Waals surface area contributed by atoms with Gasteiger partial charge in [0, 0.05) is 11.3 Å². The molecule has 0 radical (unpaired) electrons. The van der Waals surface area contributed by atoms with Gasteiger partial charge in [-0.25, -0.2) is 14.6 Å². The number of methoxy groups -OCH3 is 1. The van der Waals surface area contributed by atoms with Crippen molar-refractivity contribution in [1.29, 1.82) is 0 Å². The molecule has 2 amide bonds. The molecule has 170 valence electrons. The molecule has 1 atom stereocenters. The van der Waals surface area contributed by atoms with E-state index < -0.39 is 36.2 Å². The van der Waals surface area contributed by atoms with Crippen LogP contribution in [0.5, 0.6) is 0 Å². The molecular formula is C21H29N3O6S. The Morgan fingerprint density at radius 1 is 1.16 bits per heavy atom. The van der Waals surface area contributed by atoms with Crippen LogP contribution in [0, 0.1) is 0 Å². The summed E-state index contributed by atoms with van der Waals surface area (Å²) in [7, 11) is 1.17. The normalized spacial score (nSPS) is 11.5.